The zero-order valence-corrected chi connectivity index (χ0v) is 11.6. The van der Waals surface area contributed by atoms with Crippen LogP contribution in [0.4, 0.5) is 5.69 Å². The molecule has 1 aliphatic heterocycles. The minimum Gasteiger partial charge on any atom is -0.395 e. The van der Waals surface area contributed by atoms with Gasteiger partial charge in [0.25, 0.3) is 0 Å². The topological polar surface area (TPSA) is 40.5 Å². The van der Waals surface area contributed by atoms with E-state index >= 15 is 0 Å². The molecule has 0 aromatic heterocycles. The molecule has 0 radical (unpaired) electrons. The van der Waals surface area contributed by atoms with Crippen LogP contribution in [0.25, 0.3) is 0 Å². The fourth-order valence-electron chi connectivity index (χ4n) is 2.24. The molecular formula is C14H19NO2S. The van der Waals surface area contributed by atoms with Gasteiger partial charge in [0.2, 0.25) is 5.91 Å². The summed E-state index contributed by atoms with van der Waals surface area (Å²) in [4.78, 5) is 14.3. The predicted octanol–water partition coefficient (Wildman–Crippen LogP) is 2.08. The van der Waals surface area contributed by atoms with E-state index in [2.05, 4.69) is 6.07 Å². The van der Waals surface area contributed by atoms with E-state index in [9.17, 15) is 4.79 Å². The monoisotopic (exact) mass is 265 g/mol. The molecule has 0 saturated heterocycles. The molecule has 1 N–H and O–H groups in total. The number of hydrogen-bond donors (Lipinski definition) is 1. The van der Waals surface area contributed by atoms with Crippen LogP contribution in [0.15, 0.2) is 24.3 Å². The normalized spacial score (nSPS) is 17.4. The Bertz CT molecular complexity index is 436. The Morgan fingerprint density at radius 3 is 2.89 bits per heavy atom. The van der Waals surface area contributed by atoms with Crippen molar-refractivity contribution in [3.8, 4) is 0 Å². The molecule has 3 nitrogen and oxygen atoms in total. The second kappa shape index (κ2) is 5.76. The summed E-state index contributed by atoms with van der Waals surface area (Å²) in [6.07, 6.45) is 0.939. The zero-order valence-electron chi connectivity index (χ0n) is 10.8. The number of aliphatic hydroxyl groups is 1. The van der Waals surface area contributed by atoms with Crippen LogP contribution in [0.2, 0.25) is 0 Å². The van der Waals surface area contributed by atoms with Crippen molar-refractivity contribution in [1.82, 2.24) is 0 Å². The highest BCUT2D eigenvalue weighted by atomic mass is 32.2. The Morgan fingerprint density at radius 2 is 2.17 bits per heavy atom. The lowest BCUT2D eigenvalue weighted by Crippen LogP contribution is -2.36. The number of amides is 1. The van der Waals surface area contributed by atoms with E-state index in [0.717, 1.165) is 18.7 Å². The van der Waals surface area contributed by atoms with E-state index in [4.69, 9.17) is 5.11 Å². The number of carbonyl (C=O) groups is 1. The van der Waals surface area contributed by atoms with Gasteiger partial charge in [-0.1, -0.05) is 25.1 Å². The number of hydrogen-bond acceptors (Lipinski definition) is 3. The lowest BCUT2D eigenvalue weighted by atomic mass is 10.2. The molecule has 0 aliphatic carbocycles. The summed E-state index contributed by atoms with van der Waals surface area (Å²) in [6, 6.07) is 8.07. The van der Waals surface area contributed by atoms with E-state index in [1.807, 2.05) is 36.9 Å². The average molecular weight is 265 g/mol. The number of carbonyl (C=O) groups excluding carboxylic acids is 1. The molecule has 0 unspecified atom stereocenters. The number of nitrogens with zero attached hydrogens (tertiary/aromatic N) is 1. The molecular weight excluding hydrogens is 246 g/mol. The minimum atomic E-state index is -0.113. The molecule has 0 fully saturated rings. The van der Waals surface area contributed by atoms with Crippen LogP contribution in [0.3, 0.4) is 0 Å². The Kier molecular flexibility index (Phi) is 4.30. The summed E-state index contributed by atoms with van der Waals surface area (Å²) >= 11 is 1.53. The number of anilines is 1. The Labute approximate surface area is 112 Å². The van der Waals surface area contributed by atoms with Crippen molar-refractivity contribution in [3.05, 3.63) is 29.8 Å². The number of thioether (sulfide) groups is 1. The highest BCUT2D eigenvalue weighted by Crippen LogP contribution is 2.30. The van der Waals surface area contributed by atoms with Gasteiger partial charge >= 0.3 is 0 Å². The Hall–Kier alpha value is -1.00. The molecule has 98 valence electrons. The van der Waals surface area contributed by atoms with E-state index in [1.54, 1.807) is 0 Å². The van der Waals surface area contributed by atoms with Crippen molar-refractivity contribution < 1.29 is 9.90 Å². The van der Waals surface area contributed by atoms with E-state index in [-0.39, 0.29) is 23.0 Å². The van der Waals surface area contributed by atoms with Crippen molar-refractivity contribution in [2.45, 2.75) is 30.8 Å². The molecule has 1 aromatic carbocycles. The van der Waals surface area contributed by atoms with Gasteiger partial charge in [0, 0.05) is 17.5 Å². The predicted molar refractivity (Wildman–Crippen MR) is 76.1 cm³/mol. The van der Waals surface area contributed by atoms with Gasteiger partial charge in [-0.05, 0) is 25.0 Å². The zero-order chi connectivity index (χ0) is 13.1. The highest BCUT2D eigenvalue weighted by Gasteiger charge is 2.28. The van der Waals surface area contributed by atoms with E-state index < -0.39 is 0 Å². The van der Waals surface area contributed by atoms with Crippen molar-refractivity contribution in [3.63, 3.8) is 0 Å². The molecule has 0 saturated carbocycles. The summed E-state index contributed by atoms with van der Waals surface area (Å²) in [6.45, 7) is 4.74. The first kappa shape index (κ1) is 13.4. The van der Waals surface area contributed by atoms with Gasteiger partial charge < -0.3 is 10.0 Å². The van der Waals surface area contributed by atoms with Crippen molar-refractivity contribution >= 4 is 23.4 Å². The third kappa shape index (κ3) is 2.70. The second-order valence-electron chi connectivity index (χ2n) is 4.64. The van der Waals surface area contributed by atoms with E-state index in [0.29, 0.717) is 0 Å². The second-order valence-corrected chi connectivity index (χ2v) is 6.42. The van der Waals surface area contributed by atoms with Gasteiger partial charge in [-0.2, -0.15) is 0 Å². The highest BCUT2D eigenvalue weighted by molar-refractivity contribution is 8.01. The fourth-order valence-corrected chi connectivity index (χ4v) is 3.26. The summed E-state index contributed by atoms with van der Waals surface area (Å²) in [5.74, 6) is 0.144. The average Bonchev–Trinajstić information content (AvgIpc) is 2.81. The maximum Gasteiger partial charge on any atom is 0.239 e. The maximum atomic E-state index is 12.4. The summed E-state index contributed by atoms with van der Waals surface area (Å²) in [5.41, 5.74) is 2.30. The quantitative estimate of drug-likeness (QED) is 0.906. The molecule has 0 spiro atoms. The van der Waals surface area contributed by atoms with Crippen LogP contribution in [-0.2, 0) is 11.2 Å². The smallest absolute Gasteiger partial charge is 0.239 e. The molecule has 1 heterocycles. The van der Waals surface area contributed by atoms with Crippen molar-refractivity contribution in [2.24, 2.45) is 0 Å². The maximum absolute atomic E-state index is 12.4. The SMILES string of the molecule is C[C@@H](CO)S[C@H](C)C(=O)N1CCc2ccccc21. The third-order valence-corrected chi connectivity index (χ3v) is 4.42. The summed E-state index contributed by atoms with van der Waals surface area (Å²) in [7, 11) is 0. The van der Waals surface area contributed by atoms with Crippen LogP contribution in [0.1, 0.15) is 19.4 Å². The van der Waals surface area contributed by atoms with Gasteiger partial charge in [0.1, 0.15) is 0 Å². The lowest BCUT2D eigenvalue weighted by Gasteiger charge is -2.22. The van der Waals surface area contributed by atoms with Crippen LogP contribution in [-0.4, -0.2) is 34.7 Å². The lowest BCUT2D eigenvalue weighted by molar-refractivity contribution is -0.117. The Balaban J connectivity index is 2.07. The van der Waals surface area contributed by atoms with Crippen LogP contribution >= 0.6 is 11.8 Å². The molecule has 1 aliphatic rings. The molecule has 0 bridgehead atoms. The van der Waals surface area contributed by atoms with Gasteiger partial charge in [-0.15, -0.1) is 11.8 Å². The first-order valence-corrected chi connectivity index (χ1v) is 7.23. The van der Waals surface area contributed by atoms with Gasteiger partial charge in [0.15, 0.2) is 0 Å². The fraction of sp³-hybridized carbons (Fsp3) is 0.500. The molecule has 2 atom stereocenters. The number of aliphatic hydroxyl groups excluding tert-OH is 1. The van der Waals surface area contributed by atoms with E-state index in [1.165, 1.54) is 17.3 Å². The largest absolute Gasteiger partial charge is 0.395 e. The standard InChI is InChI=1S/C14H19NO2S/c1-10(9-16)18-11(2)14(17)15-8-7-12-5-3-4-6-13(12)15/h3-6,10-11,16H,7-9H2,1-2H3/t10-,11+/m0/s1. The first-order valence-electron chi connectivity index (χ1n) is 6.29. The molecule has 1 aromatic rings. The molecule has 4 heteroatoms. The number of para-hydroxylation sites is 1. The Morgan fingerprint density at radius 1 is 1.44 bits per heavy atom. The summed E-state index contributed by atoms with van der Waals surface area (Å²) < 4.78 is 0. The molecule has 2 rings (SSSR count). The number of benzene rings is 1. The summed E-state index contributed by atoms with van der Waals surface area (Å²) in [5, 5.41) is 9.03. The van der Waals surface area contributed by atoms with Crippen molar-refractivity contribution in [1.29, 1.82) is 0 Å². The molecule has 18 heavy (non-hydrogen) atoms. The minimum absolute atomic E-state index is 0.0989. The van der Waals surface area contributed by atoms with Crippen LogP contribution in [0.5, 0.6) is 0 Å². The third-order valence-electron chi connectivity index (χ3n) is 3.19. The van der Waals surface area contributed by atoms with Crippen LogP contribution < -0.4 is 4.90 Å². The first-order chi connectivity index (χ1) is 8.63. The number of rotatable bonds is 4. The number of fused-ring (bicyclic) bond motifs is 1. The van der Waals surface area contributed by atoms with Gasteiger partial charge in [-0.3, -0.25) is 4.79 Å². The van der Waals surface area contributed by atoms with Crippen molar-refractivity contribution in [2.75, 3.05) is 18.1 Å². The van der Waals surface area contributed by atoms with Gasteiger partial charge in [0.05, 0.1) is 11.9 Å². The molecule has 1 amide bonds. The van der Waals surface area contributed by atoms with Gasteiger partial charge in [-0.25, -0.2) is 0 Å². The van der Waals surface area contributed by atoms with Crippen LogP contribution in [0, 0.1) is 0 Å².